The summed E-state index contributed by atoms with van der Waals surface area (Å²) < 4.78 is 2.08. The Kier molecular flexibility index (Phi) is 2.12. The number of nitrogens with zero attached hydrogens (tertiary/aromatic N) is 1. The van der Waals surface area contributed by atoms with E-state index in [1.165, 1.54) is 10.9 Å². The van der Waals surface area contributed by atoms with E-state index in [2.05, 4.69) is 28.8 Å². The molecule has 2 aromatic rings. The number of carbonyl (C=O) groups is 1. The predicted octanol–water partition coefficient (Wildman–Crippen LogP) is 3.00. The van der Waals surface area contributed by atoms with Gasteiger partial charge in [0, 0.05) is 24.7 Å². The summed E-state index contributed by atoms with van der Waals surface area (Å²) in [5, 5.41) is 10.4. The van der Waals surface area contributed by atoms with Crippen molar-refractivity contribution in [3.05, 3.63) is 36.0 Å². The molecule has 1 aliphatic carbocycles. The van der Waals surface area contributed by atoms with Crippen LogP contribution in [0.3, 0.4) is 0 Å². The Morgan fingerprint density at radius 1 is 1.33 bits per heavy atom. The molecule has 2 atom stereocenters. The second kappa shape index (κ2) is 3.37. The number of hydrogen-bond acceptors (Lipinski definition) is 1. The first kappa shape index (κ1) is 11.3. The average molecular weight is 243 g/mol. The van der Waals surface area contributed by atoms with E-state index in [0.717, 1.165) is 5.56 Å². The predicted molar refractivity (Wildman–Crippen MR) is 70.6 cm³/mol. The van der Waals surface area contributed by atoms with Crippen molar-refractivity contribution in [1.82, 2.24) is 4.57 Å². The van der Waals surface area contributed by atoms with Crippen molar-refractivity contribution in [3.8, 4) is 0 Å². The van der Waals surface area contributed by atoms with Crippen LogP contribution in [0.2, 0.25) is 0 Å². The van der Waals surface area contributed by atoms with Crippen LogP contribution in [0.15, 0.2) is 30.5 Å². The second-order valence-electron chi connectivity index (χ2n) is 5.86. The number of rotatable bonds is 2. The Balaban J connectivity index is 2.04. The van der Waals surface area contributed by atoms with Crippen molar-refractivity contribution in [2.75, 3.05) is 0 Å². The zero-order valence-electron chi connectivity index (χ0n) is 10.8. The maximum absolute atomic E-state index is 11.2. The van der Waals surface area contributed by atoms with Gasteiger partial charge in [0.05, 0.1) is 5.92 Å². The van der Waals surface area contributed by atoms with Crippen LogP contribution in [0.4, 0.5) is 0 Å². The minimum absolute atomic E-state index is 0.131. The quantitative estimate of drug-likeness (QED) is 0.881. The number of fused-ring (bicyclic) bond motifs is 1. The molecular weight excluding hydrogens is 226 g/mol. The summed E-state index contributed by atoms with van der Waals surface area (Å²) >= 11 is 0. The highest BCUT2D eigenvalue weighted by molar-refractivity contribution is 5.83. The van der Waals surface area contributed by atoms with Gasteiger partial charge in [-0.2, -0.15) is 0 Å². The highest BCUT2D eigenvalue weighted by Crippen LogP contribution is 2.64. The van der Waals surface area contributed by atoms with E-state index in [4.69, 9.17) is 0 Å². The van der Waals surface area contributed by atoms with Crippen molar-refractivity contribution in [3.63, 3.8) is 0 Å². The van der Waals surface area contributed by atoms with Crippen molar-refractivity contribution in [2.24, 2.45) is 18.4 Å². The molecule has 0 spiro atoms. The van der Waals surface area contributed by atoms with Gasteiger partial charge in [-0.15, -0.1) is 0 Å². The van der Waals surface area contributed by atoms with Gasteiger partial charge < -0.3 is 9.67 Å². The van der Waals surface area contributed by atoms with E-state index in [-0.39, 0.29) is 17.3 Å². The Bertz CT molecular complexity index is 639. The molecule has 1 aromatic carbocycles. The third kappa shape index (κ3) is 1.40. The van der Waals surface area contributed by atoms with Crippen molar-refractivity contribution < 1.29 is 9.90 Å². The van der Waals surface area contributed by atoms with Gasteiger partial charge in [0.25, 0.3) is 0 Å². The number of carboxylic acids is 1. The van der Waals surface area contributed by atoms with Gasteiger partial charge in [0.15, 0.2) is 0 Å². The van der Waals surface area contributed by atoms with Crippen LogP contribution in [0, 0.1) is 11.3 Å². The summed E-state index contributed by atoms with van der Waals surface area (Å²) in [6.45, 7) is 4.07. The summed E-state index contributed by atoms with van der Waals surface area (Å²) in [7, 11) is 2.02. The molecule has 1 fully saturated rings. The monoisotopic (exact) mass is 243 g/mol. The number of carboxylic acid groups (broad SMARTS) is 1. The van der Waals surface area contributed by atoms with Gasteiger partial charge in [0.1, 0.15) is 0 Å². The molecule has 0 unspecified atom stereocenters. The molecule has 1 heterocycles. The summed E-state index contributed by atoms with van der Waals surface area (Å²) in [4.78, 5) is 11.2. The lowest BCUT2D eigenvalue weighted by atomic mass is 10.0. The van der Waals surface area contributed by atoms with Crippen LogP contribution in [-0.2, 0) is 11.8 Å². The zero-order valence-corrected chi connectivity index (χ0v) is 10.8. The third-order valence-corrected chi connectivity index (χ3v) is 4.36. The van der Waals surface area contributed by atoms with Crippen molar-refractivity contribution >= 4 is 16.9 Å². The standard InChI is InChI=1S/C15H17NO2/c1-15(2)12(13(15)14(17)18)10-4-5-11-9(8-10)6-7-16(11)3/h4-8,12-13H,1-3H3,(H,17,18)/t12-,13+/m1/s1. The fraction of sp³-hybridized carbons (Fsp3) is 0.400. The third-order valence-electron chi connectivity index (χ3n) is 4.36. The molecule has 0 bridgehead atoms. The fourth-order valence-electron chi connectivity index (χ4n) is 3.21. The number of aromatic nitrogens is 1. The highest BCUT2D eigenvalue weighted by atomic mass is 16.4. The molecule has 18 heavy (non-hydrogen) atoms. The number of aryl methyl sites for hydroxylation is 1. The van der Waals surface area contributed by atoms with Gasteiger partial charge in [-0.05, 0) is 34.6 Å². The van der Waals surface area contributed by atoms with Crippen LogP contribution in [0.1, 0.15) is 25.3 Å². The van der Waals surface area contributed by atoms with E-state index >= 15 is 0 Å². The van der Waals surface area contributed by atoms with Crippen molar-refractivity contribution in [1.29, 1.82) is 0 Å². The van der Waals surface area contributed by atoms with E-state index in [0.29, 0.717) is 0 Å². The van der Waals surface area contributed by atoms with Crippen molar-refractivity contribution in [2.45, 2.75) is 19.8 Å². The molecule has 94 valence electrons. The summed E-state index contributed by atoms with van der Waals surface area (Å²) in [6.07, 6.45) is 2.03. The molecule has 3 rings (SSSR count). The first-order chi connectivity index (χ1) is 8.43. The molecule has 0 amide bonds. The lowest BCUT2D eigenvalue weighted by Gasteiger charge is -2.04. The largest absolute Gasteiger partial charge is 0.481 e. The van der Waals surface area contributed by atoms with E-state index in [1.807, 2.05) is 27.1 Å². The summed E-state index contributed by atoms with van der Waals surface area (Å²) in [5.74, 6) is -0.795. The number of benzene rings is 1. The van der Waals surface area contributed by atoms with E-state index in [1.54, 1.807) is 0 Å². The maximum atomic E-state index is 11.2. The first-order valence-electron chi connectivity index (χ1n) is 6.20. The van der Waals surface area contributed by atoms with Crippen LogP contribution < -0.4 is 0 Å². The molecule has 3 nitrogen and oxygen atoms in total. The Morgan fingerprint density at radius 3 is 2.67 bits per heavy atom. The summed E-state index contributed by atoms with van der Waals surface area (Å²) in [6, 6.07) is 8.35. The average Bonchev–Trinajstić information content (AvgIpc) is 2.70. The lowest BCUT2D eigenvalue weighted by Crippen LogP contribution is -2.03. The number of hydrogen-bond donors (Lipinski definition) is 1. The topological polar surface area (TPSA) is 42.2 Å². The minimum atomic E-state index is -0.682. The van der Waals surface area contributed by atoms with Gasteiger partial charge in [0.2, 0.25) is 0 Å². The first-order valence-corrected chi connectivity index (χ1v) is 6.20. The van der Waals surface area contributed by atoms with Gasteiger partial charge in [-0.3, -0.25) is 4.79 Å². The zero-order chi connectivity index (χ0) is 13.1. The molecular formula is C15H17NO2. The lowest BCUT2D eigenvalue weighted by molar-refractivity contribution is -0.139. The Labute approximate surface area is 106 Å². The van der Waals surface area contributed by atoms with Crippen LogP contribution in [0.5, 0.6) is 0 Å². The van der Waals surface area contributed by atoms with Crippen LogP contribution >= 0.6 is 0 Å². The molecule has 0 radical (unpaired) electrons. The molecule has 3 heteroatoms. The second-order valence-corrected chi connectivity index (χ2v) is 5.86. The van der Waals surface area contributed by atoms with E-state index in [9.17, 15) is 9.90 Å². The maximum Gasteiger partial charge on any atom is 0.307 e. The smallest absolute Gasteiger partial charge is 0.307 e. The van der Waals surface area contributed by atoms with Crippen LogP contribution in [-0.4, -0.2) is 15.6 Å². The minimum Gasteiger partial charge on any atom is -0.481 e. The normalized spacial score (nSPS) is 25.3. The van der Waals surface area contributed by atoms with Gasteiger partial charge in [-0.1, -0.05) is 19.9 Å². The molecule has 1 aliphatic rings. The van der Waals surface area contributed by atoms with Gasteiger partial charge in [-0.25, -0.2) is 0 Å². The Hall–Kier alpha value is -1.77. The fourth-order valence-corrected chi connectivity index (χ4v) is 3.21. The SMILES string of the molecule is Cn1ccc2cc([C@@H]3[C@@H](C(=O)O)C3(C)C)ccc21. The number of aliphatic carboxylic acids is 1. The highest BCUT2D eigenvalue weighted by Gasteiger charge is 2.62. The van der Waals surface area contributed by atoms with Gasteiger partial charge >= 0.3 is 5.97 Å². The molecule has 1 N–H and O–H groups in total. The molecule has 0 aliphatic heterocycles. The van der Waals surface area contributed by atoms with E-state index < -0.39 is 5.97 Å². The molecule has 1 saturated carbocycles. The van der Waals surface area contributed by atoms with Crippen LogP contribution in [0.25, 0.3) is 10.9 Å². The summed E-state index contributed by atoms with van der Waals surface area (Å²) in [5.41, 5.74) is 2.20. The Morgan fingerprint density at radius 2 is 2.06 bits per heavy atom. The molecule has 1 aromatic heterocycles. The molecule has 0 saturated heterocycles.